The molecular weight excluding hydrogens is 545 g/mol. The van der Waals surface area contributed by atoms with Crippen molar-refractivity contribution in [3.05, 3.63) is 48.6 Å². The minimum atomic E-state index is -4.38. The molecular formula is C31H54NO8P. The molecule has 2 unspecified atom stereocenters. The fourth-order valence-electron chi connectivity index (χ4n) is 3.46. The van der Waals surface area contributed by atoms with Crippen LogP contribution in [-0.4, -0.2) is 54.3 Å². The third-order valence-electron chi connectivity index (χ3n) is 5.73. The molecule has 0 fully saturated rings. The van der Waals surface area contributed by atoms with Crippen molar-refractivity contribution in [1.82, 2.24) is 5.32 Å². The number of phosphoric acid groups is 1. The summed E-state index contributed by atoms with van der Waals surface area (Å²) >= 11 is 0. The van der Waals surface area contributed by atoms with Gasteiger partial charge in [0.05, 0.1) is 13.2 Å². The first-order valence-electron chi connectivity index (χ1n) is 15.1. The molecule has 2 atom stereocenters. The van der Waals surface area contributed by atoms with E-state index in [-0.39, 0.29) is 32.1 Å². The zero-order valence-corrected chi connectivity index (χ0v) is 26.1. The first-order valence-corrected chi connectivity index (χ1v) is 16.6. The van der Waals surface area contributed by atoms with Crippen molar-refractivity contribution in [2.75, 3.05) is 26.4 Å². The van der Waals surface area contributed by atoms with Gasteiger partial charge in [-0.3, -0.25) is 18.6 Å². The molecule has 0 aliphatic rings. The van der Waals surface area contributed by atoms with Crippen LogP contribution in [0, 0.1) is 0 Å². The van der Waals surface area contributed by atoms with E-state index in [0.29, 0.717) is 19.3 Å². The molecule has 9 nitrogen and oxygen atoms in total. The Labute approximate surface area is 247 Å². The van der Waals surface area contributed by atoms with E-state index in [2.05, 4.69) is 60.8 Å². The Morgan fingerprint density at radius 1 is 0.756 bits per heavy atom. The molecule has 1 amide bonds. The van der Waals surface area contributed by atoms with Crippen molar-refractivity contribution in [1.29, 1.82) is 0 Å². The number of rotatable bonds is 27. The lowest BCUT2D eigenvalue weighted by Gasteiger charge is -2.15. The minimum absolute atomic E-state index is 0.0659. The van der Waals surface area contributed by atoms with Crippen LogP contribution in [0.25, 0.3) is 0 Å². The summed E-state index contributed by atoms with van der Waals surface area (Å²) < 4.78 is 26.2. The van der Waals surface area contributed by atoms with Gasteiger partial charge in [0.1, 0.15) is 12.7 Å². The number of unbranched alkanes of at least 4 members (excludes halogenated alkanes) is 6. The Morgan fingerprint density at radius 2 is 1.34 bits per heavy atom. The van der Waals surface area contributed by atoms with Crippen molar-refractivity contribution < 1.29 is 37.9 Å². The molecule has 10 heteroatoms. The van der Waals surface area contributed by atoms with Crippen LogP contribution in [-0.2, 0) is 27.9 Å². The summed E-state index contributed by atoms with van der Waals surface area (Å²) in [5.74, 6) is -0.610. The van der Waals surface area contributed by atoms with E-state index in [0.717, 1.165) is 38.5 Å². The Kier molecular flexibility index (Phi) is 26.7. The lowest BCUT2D eigenvalue weighted by atomic mass is 10.1. The summed E-state index contributed by atoms with van der Waals surface area (Å²) in [6.45, 7) is 3.07. The molecule has 3 N–H and O–H groups in total. The molecule has 41 heavy (non-hydrogen) atoms. The Morgan fingerprint density at radius 3 is 1.93 bits per heavy atom. The van der Waals surface area contributed by atoms with E-state index >= 15 is 0 Å². The number of hydrogen-bond acceptors (Lipinski definition) is 7. The number of aliphatic hydroxyl groups is 1. The van der Waals surface area contributed by atoms with Crippen molar-refractivity contribution in [2.45, 2.75) is 110 Å². The summed E-state index contributed by atoms with van der Waals surface area (Å²) in [6.07, 6.45) is 29.0. The third-order valence-corrected chi connectivity index (χ3v) is 6.72. The molecule has 0 saturated carbocycles. The molecule has 0 aliphatic carbocycles. The molecule has 0 bridgehead atoms. The van der Waals surface area contributed by atoms with Crippen molar-refractivity contribution in [2.24, 2.45) is 0 Å². The number of hydrogen-bond donors (Lipinski definition) is 3. The Hall–Kier alpha value is -2.03. The van der Waals surface area contributed by atoms with E-state index in [1.807, 2.05) is 6.92 Å². The van der Waals surface area contributed by atoms with Gasteiger partial charge in [-0.25, -0.2) is 4.57 Å². The Bertz CT molecular complexity index is 825. The summed E-state index contributed by atoms with van der Waals surface area (Å²) in [4.78, 5) is 32.8. The highest BCUT2D eigenvalue weighted by atomic mass is 31.2. The zero-order chi connectivity index (χ0) is 30.4. The normalized spacial score (nSPS) is 14.3. The second-order valence-electron chi connectivity index (χ2n) is 9.72. The SMILES string of the molecule is CCCCC/C=C\C/C=C\C/C=C\C/C=C\CCCCCC(=O)OCC(O)COP(=O)(O)OCCNC(=O)CCC. The van der Waals surface area contributed by atoms with Gasteiger partial charge in [0.25, 0.3) is 0 Å². The average molecular weight is 600 g/mol. The average Bonchev–Trinajstić information content (AvgIpc) is 2.94. The van der Waals surface area contributed by atoms with E-state index < -0.39 is 26.5 Å². The van der Waals surface area contributed by atoms with Crippen LogP contribution in [0.15, 0.2) is 48.6 Å². The second kappa shape index (κ2) is 28.1. The molecule has 0 aromatic heterocycles. The monoisotopic (exact) mass is 599 g/mol. The molecule has 236 valence electrons. The molecule has 0 radical (unpaired) electrons. The molecule has 0 heterocycles. The maximum absolute atomic E-state index is 11.8. The summed E-state index contributed by atoms with van der Waals surface area (Å²) in [7, 11) is -4.38. The van der Waals surface area contributed by atoms with Crippen LogP contribution >= 0.6 is 7.82 Å². The number of amides is 1. The minimum Gasteiger partial charge on any atom is -0.463 e. The quantitative estimate of drug-likeness (QED) is 0.0404. The molecule has 0 spiro atoms. The number of phosphoric ester groups is 1. The van der Waals surface area contributed by atoms with Crippen LogP contribution in [0.5, 0.6) is 0 Å². The van der Waals surface area contributed by atoms with Gasteiger partial charge in [-0.05, 0) is 57.8 Å². The van der Waals surface area contributed by atoms with Gasteiger partial charge in [-0.15, -0.1) is 0 Å². The molecule has 0 rings (SSSR count). The maximum atomic E-state index is 11.8. The predicted octanol–water partition coefficient (Wildman–Crippen LogP) is 6.87. The third kappa shape index (κ3) is 29.3. The van der Waals surface area contributed by atoms with Gasteiger partial charge in [-0.1, -0.05) is 81.7 Å². The van der Waals surface area contributed by atoms with Crippen LogP contribution in [0.1, 0.15) is 104 Å². The maximum Gasteiger partial charge on any atom is 0.472 e. The second-order valence-corrected chi connectivity index (χ2v) is 11.2. The first kappa shape index (κ1) is 39.0. The number of aliphatic hydroxyl groups excluding tert-OH is 1. The number of carbonyl (C=O) groups excluding carboxylic acids is 2. The topological polar surface area (TPSA) is 131 Å². The van der Waals surface area contributed by atoms with Gasteiger partial charge in [0, 0.05) is 19.4 Å². The lowest BCUT2D eigenvalue weighted by molar-refractivity contribution is -0.147. The van der Waals surface area contributed by atoms with Crippen molar-refractivity contribution in [3.8, 4) is 0 Å². The fourth-order valence-corrected chi connectivity index (χ4v) is 4.22. The highest BCUT2D eigenvalue weighted by molar-refractivity contribution is 7.47. The highest BCUT2D eigenvalue weighted by Crippen LogP contribution is 2.42. The van der Waals surface area contributed by atoms with E-state index in [1.54, 1.807) is 0 Å². The molecule has 0 aromatic carbocycles. The lowest BCUT2D eigenvalue weighted by Crippen LogP contribution is -2.27. The predicted molar refractivity (Wildman–Crippen MR) is 164 cm³/mol. The number of esters is 1. The highest BCUT2D eigenvalue weighted by Gasteiger charge is 2.23. The van der Waals surface area contributed by atoms with E-state index in [9.17, 15) is 24.2 Å². The number of allylic oxidation sites excluding steroid dienone is 8. The molecule has 0 aromatic rings. The van der Waals surface area contributed by atoms with E-state index in [4.69, 9.17) is 13.8 Å². The first-order chi connectivity index (χ1) is 19.8. The van der Waals surface area contributed by atoms with Gasteiger partial charge < -0.3 is 20.1 Å². The largest absolute Gasteiger partial charge is 0.472 e. The number of carbonyl (C=O) groups is 2. The van der Waals surface area contributed by atoms with E-state index in [1.165, 1.54) is 25.7 Å². The van der Waals surface area contributed by atoms with Crippen molar-refractivity contribution in [3.63, 3.8) is 0 Å². The summed E-state index contributed by atoms with van der Waals surface area (Å²) in [6, 6.07) is 0. The summed E-state index contributed by atoms with van der Waals surface area (Å²) in [5, 5.41) is 12.4. The molecule has 0 saturated heterocycles. The van der Waals surface area contributed by atoms with Crippen LogP contribution in [0.4, 0.5) is 0 Å². The fraction of sp³-hybridized carbons (Fsp3) is 0.677. The summed E-state index contributed by atoms with van der Waals surface area (Å²) in [5.41, 5.74) is 0. The van der Waals surface area contributed by atoms with Gasteiger partial charge in [0.15, 0.2) is 0 Å². The van der Waals surface area contributed by atoms with Crippen LogP contribution in [0.2, 0.25) is 0 Å². The van der Waals surface area contributed by atoms with Gasteiger partial charge in [-0.2, -0.15) is 0 Å². The van der Waals surface area contributed by atoms with Gasteiger partial charge in [0.2, 0.25) is 5.91 Å². The number of ether oxygens (including phenoxy) is 1. The Balaban J connectivity index is 3.69. The van der Waals surface area contributed by atoms with Gasteiger partial charge >= 0.3 is 13.8 Å². The zero-order valence-electron chi connectivity index (χ0n) is 25.2. The number of nitrogens with one attached hydrogen (secondary N) is 1. The standard InChI is InChI=1S/C31H54NO8P/c1-3-5-6-7-8-9-10-11-12-13-14-15-16-17-18-19-20-21-22-24-31(35)38-27-29(33)28-40-41(36,37)39-26-25-32-30(34)23-4-2/h8-9,11-12,14-15,17-18,29,33H,3-7,10,13,16,19-28H2,1-2H3,(H,32,34)(H,36,37)/b9-8-,12-11-,15-14-,18-17-. The van der Waals surface area contributed by atoms with Crippen LogP contribution in [0.3, 0.4) is 0 Å². The van der Waals surface area contributed by atoms with Crippen LogP contribution < -0.4 is 5.32 Å². The van der Waals surface area contributed by atoms with Crippen molar-refractivity contribution >= 4 is 19.7 Å². The smallest absolute Gasteiger partial charge is 0.463 e. The molecule has 0 aliphatic heterocycles.